The van der Waals surface area contributed by atoms with E-state index in [0.29, 0.717) is 0 Å². The van der Waals surface area contributed by atoms with Crippen LogP contribution in [0.1, 0.15) is 10.4 Å². The minimum atomic E-state index is -0.879. The molecule has 0 saturated heterocycles. The largest absolute Gasteiger partial charge is 0.452 e. The third kappa shape index (κ3) is 3.79. The lowest BCUT2D eigenvalue weighted by Gasteiger charge is -2.05. The third-order valence-corrected chi connectivity index (χ3v) is 2.74. The van der Waals surface area contributed by atoms with Gasteiger partial charge in [0.25, 0.3) is 11.6 Å². The Hall–Kier alpha value is -2.94. The van der Waals surface area contributed by atoms with Gasteiger partial charge in [0.1, 0.15) is 6.26 Å². The molecule has 0 saturated carbocycles. The first-order chi connectivity index (χ1) is 10.5. The summed E-state index contributed by atoms with van der Waals surface area (Å²) in [7, 11) is 0. The van der Waals surface area contributed by atoms with Gasteiger partial charge in [0.15, 0.2) is 12.4 Å². The minimum Gasteiger partial charge on any atom is -0.452 e. The van der Waals surface area contributed by atoms with E-state index in [0.717, 1.165) is 18.2 Å². The SMILES string of the molecule is O=C(COC(=O)c1ccc([N+](=O)[O-])cc1Cl)Nc1ccon1. The molecule has 114 valence electrons. The minimum absolute atomic E-state index is 0.0819. The molecule has 1 heterocycles. The van der Waals surface area contributed by atoms with Crippen LogP contribution in [0, 0.1) is 10.1 Å². The number of nitrogens with one attached hydrogen (secondary N) is 1. The Morgan fingerprint density at radius 3 is 2.77 bits per heavy atom. The van der Waals surface area contributed by atoms with Gasteiger partial charge in [0.2, 0.25) is 0 Å². The van der Waals surface area contributed by atoms with Crippen LogP contribution in [0.3, 0.4) is 0 Å². The van der Waals surface area contributed by atoms with E-state index in [2.05, 4.69) is 15.0 Å². The number of benzene rings is 1. The number of halogens is 1. The number of non-ortho nitro benzene ring substituents is 1. The lowest BCUT2D eigenvalue weighted by Crippen LogP contribution is -2.21. The Morgan fingerprint density at radius 2 is 2.18 bits per heavy atom. The lowest BCUT2D eigenvalue weighted by atomic mass is 10.2. The summed E-state index contributed by atoms with van der Waals surface area (Å²) in [5.74, 6) is -1.33. The number of nitro groups is 1. The van der Waals surface area contributed by atoms with Gasteiger partial charge in [0, 0.05) is 18.2 Å². The summed E-state index contributed by atoms with van der Waals surface area (Å²) in [5.41, 5.74) is -0.341. The quantitative estimate of drug-likeness (QED) is 0.506. The standard InChI is InChI=1S/C12H8ClN3O6/c13-9-5-7(16(19)20)1-2-8(9)12(18)21-6-11(17)14-10-3-4-22-15-10/h1-5H,6H2,(H,14,15,17). The van der Waals surface area contributed by atoms with Crippen LogP contribution in [0.25, 0.3) is 0 Å². The Kier molecular flexibility index (Phi) is 4.69. The van der Waals surface area contributed by atoms with Gasteiger partial charge in [-0.2, -0.15) is 0 Å². The van der Waals surface area contributed by atoms with Crippen molar-refractivity contribution >= 4 is 35.0 Å². The van der Waals surface area contributed by atoms with Crippen molar-refractivity contribution in [3.63, 3.8) is 0 Å². The monoisotopic (exact) mass is 325 g/mol. The maximum absolute atomic E-state index is 11.8. The normalized spacial score (nSPS) is 10.0. The molecule has 0 aliphatic rings. The van der Waals surface area contributed by atoms with Gasteiger partial charge in [-0.25, -0.2) is 4.79 Å². The molecule has 0 unspecified atom stereocenters. The first-order valence-corrected chi connectivity index (χ1v) is 6.16. The van der Waals surface area contributed by atoms with Crippen molar-refractivity contribution in [1.82, 2.24) is 5.16 Å². The van der Waals surface area contributed by atoms with E-state index in [1.807, 2.05) is 0 Å². The van der Waals surface area contributed by atoms with E-state index in [4.69, 9.17) is 16.3 Å². The number of rotatable bonds is 5. The molecule has 10 heteroatoms. The molecule has 0 aliphatic carbocycles. The second kappa shape index (κ2) is 6.68. The van der Waals surface area contributed by atoms with Gasteiger partial charge >= 0.3 is 5.97 Å². The van der Waals surface area contributed by atoms with E-state index in [1.165, 1.54) is 12.3 Å². The number of carbonyl (C=O) groups is 2. The molecule has 0 spiro atoms. The number of hydrogen-bond acceptors (Lipinski definition) is 7. The summed E-state index contributed by atoms with van der Waals surface area (Å²) in [6.45, 7) is -0.570. The van der Waals surface area contributed by atoms with Crippen molar-refractivity contribution < 1.29 is 23.8 Å². The second-order valence-electron chi connectivity index (χ2n) is 3.93. The molecule has 1 amide bonds. The van der Waals surface area contributed by atoms with Crippen molar-refractivity contribution in [3.05, 3.63) is 51.2 Å². The Labute approximate surface area is 127 Å². The van der Waals surface area contributed by atoms with Crippen LogP contribution in [0.5, 0.6) is 0 Å². The molecule has 22 heavy (non-hydrogen) atoms. The third-order valence-electron chi connectivity index (χ3n) is 2.42. The van der Waals surface area contributed by atoms with Gasteiger partial charge in [-0.15, -0.1) is 0 Å². The van der Waals surface area contributed by atoms with Crippen molar-refractivity contribution in [1.29, 1.82) is 0 Å². The van der Waals surface area contributed by atoms with Crippen LogP contribution in [-0.2, 0) is 9.53 Å². The van der Waals surface area contributed by atoms with Crippen LogP contribution in [0.4, 0.5) is 11.5 Å². The van der Waals surface area contributed by atoms with Gasteiger partial charge in [-0.1, -0.05) is 16.8 Å². The number of ether oxygens (including phenoxy) is 1. The molecule has 0 bridgehead atoms. The fraction of sp³-hybridized carbons (Fsp3) is 0.0833. The Bertz CT molecular complexity index is 716. The number of carbonyl (C=O) groups excluding carboxylic acids is 2. The van der Waals surface area contributed by atoms with Gasteiger partial charge < -0.3 is 14.6 Å². The van der Waals surface area contributed by atoms with E-state index in [-0.39, 0.29) is 22.1 Å². The lowest BCUT2D eigenvalue weighted by molar-refractivity contribution is -0.384. The summed E-state index contributed by atoms with van der Waals surface area (Å²) in [6.07, 6.45) is 1.26. The fourth-order valence-electron chi connectivity index (χ4n) is 1.45. The summed E-state index contributed by atoms with van der Waals surface area (Å²) in [4.78, 5) is 33.2. The van der Waals surface area contributed by atoms with E-state index in [1.54, 1.807) is 0 Å². The molecular formula is C12H8ClN3O6. The predicted octanol–water partition coefficient (Wildman–Crippen LogP) is 2.03. The summed E-state index contributed by atoms with van der Waals surface area (Å²) >= 11 is 5.77. The van der Waals surface area contributed by atoms with E-state index in [9.17, 15) is 19.7 Å². The highest BCUT2D eigenvalue weighted by Gasteiger charge is 2.17. The molecule has 1 N–H and O–H groups in total. The highest BCUT2D eigenvalue weighted by atomic mass is 35.5. The number of amides is 1. The molecule has 9 nitrogen and oxygen atoms in total. The molecule has 2 aromatic rings. The van der Waals surface area contributed by atoms with Crippen molar-refractivity contribution in [2.75, 3.05) is 11.9 Å². The number of aromatic nitrogens is 1. The van der Waals surface area contributed by atoms with Crippen molar-refractivity contribution in [2.24, 2.45) is 0 Å². The average Bonchev–Trinajstić information content (AvgIpc) is 2.97. The molecule has 0 atom stereocenters. The zero-order chi connectivity index (χ0) is 16.1. The highest BCUT2D eigenvalue weighted by molar-refractivity contribution is 6.33. The Morgan fingerprint density at radius 1 is 1.41 bits per heavy atom. The highest BCUT2D eigenvalue weighted by Crippen LogP contribution is 2.23. The maximum atomic E-state index is 11.8. The molecule has 0 aliphatic heterocycles. The van der Waals surface area contributed by atoms with E-state index >= 15 is 0 Å². The topological polar surface area (TPSA) is 125 Å². The number of hydrogen-bond donors (Lipinski definition) is 1. The average molecular weight is 326 g/mol. The Balaban J connectivity index is 1.94. The van der Waals surface area contributed by atoms with Gasteiger partial charge in [-0.05, 0) is 6.07 Å². The zero-order valence-corrected chi connectivity index (χ0v) is 11.6. The molecule has 2 rings (SSSR count). The summed E-state index contributed by atoms with van der Waals surface area (Å²) in [6, 6.07) is 4.69. The number of nitrogens with zero attached hydrogens (tertiary/aromatic N) is 2. The van der Waals surface area contributed by atoms with Crippen molar-refractivity contribution in [3.8, 4) is 0 Å². The zero-order valence-electron chi connectivity index (χ0n) is 10.8. The van der Waals surface area contributed by atoms with Crippen LogP contribution < -0.4 is 5.32 Å². The maximum Gasteiger partial charge on any atom is 0.340 e. The smallest absolute Gasteiger partial charge is 0.340 e. The van der Waals surface area contributed by atoms with Crippen LogP contribution >= 0.6 is 11.6 Å². The molecule has 0 fully saturated rings. The van der Waals surface area contributed by atoms with Gasteiger partial charge in [-0.3, -0.25) is 14.9 Å². The summed E-state index contributed by atoms with van der Waals surface area (Å²) in [5, 5.41) is 16.2. The molecule has 1 aromatic heterocycles. The fourth-order valence-corrected chi connectivity index (χ4v) is 1.70. The molecule has 0 radical (unpaired) electrons. The molecule has 1 aromatic carbocycles. The van der Waals surface area contributed by atoms with E-state index < -0.39 is 23.4 Å². The second-order valence-corrected chi connectivity index (χ2v) is 4.34. The van der Waals surface area contributed by atoms with Crippen LogP contribution in [-0.4, -0.2) is 28.6 Å². The van der Waals surface area contributed by atoms with Crippen molar-refractivity contribution in [2.45, 2.75) is 0 Å². The number of anilines is 1. The molecular weight excluding hydrogens is 318 g/mol. The first-order valence-electron chi connectivity index (χ1n) is 5.78. The van der Waals surface area contributed by atoms with Crippen LogP contribution in [0.15, 0.2) is 35.1 Å². The number of nitro benzene ring substituents is 1. The predicted molar refractivity (Wildman–Crippen MR) is 73.5 cm³/mol. The van der Waals surface area contributed by atoms with Gasteiger partial charge in [0.05, 0.1) is 15.5 Å². The number of esters is 1. The first kappa shape index (κ1) is 15.4. The van der Waals surface area contributed by atoms with Crippen LogP contribution in [0.2, 0.25) is 5.02 Å². The summed E-state index contributed by atoms with van der Waals surface area (Å²) < 4.78 is 9.27.